The van der Waals surface area contributed by atoms with Gasteiger partial charge in [-0.2, -0.15) is 0 Å². The highest BCUT2D eigenvalue weighted by molar-refractivity contribution is 5.89. The van der Waals surface area contributed by atoms with Gasteiger partial charge in [-0.15, -0.1) is 0 Å². The van der Waals surface area contributed by atoms with Crippen LogP contribution in [0.3, 0.4) is 0 Å². The number of benzene rings is 2. The molecule has 9 heteroatoms. The van der Waals surface area contributed by atoms with Crippen molar-refractivity contribution < 1.29 is 9.53 Å². The second-order valence-electron chi connectivity index (χ2n) is 10.2. The minimum atomic E-state index is -0.778. The quantitative estimate of drug-likeness (QED) is 0.288. The molecule has 5 N–H and O–H groups in total. The molecule has 1 fully saturated rings. The van der Waals surface area contributed by atoms with E-state index in [1.807, 2.05) is 30.3 Å². The van der Waals surface area contributed by atoms with Gasteiger partial charge in [0.05, 0.1) is 12.1 Å². The van der Waals surface area contributed by atoms with Crippen LogP contribution in [-0.4, -0.2) is 59.3 Å². The first-order valence-electron chi connectivity index (χ1n) is 13.5. The zero-order valence-electron chi connectivity index (χ0n) is 21.7. The third-order valence-electron chi connectivity index (χ3n) is 7.36. The predicted octanol–water partition coefficient (Wildman–Crippen LogP) is 3.64. The molecule has 2 aromatic carbocycles. The number of anilines is 1. The van der Waals surface area contributed by atoms with Gasteiger partial charge < -0.3 is 31.3 Å². The molecule has 1 atom stereocenters. The molecule has 2 aliphatic heterocycles. The van der Waals surface area contributed by atoms with Crippen LogP contribution >= 0.6 is 0 Å². The molecule has 9 nitrogen and oxygen atoms in total. The number of amides is 2. The molecular weight excluding hydrogens is 478 g/mol. The number of hydrogen-bond donors (Lipinski definition) is 4. The number of hydrogen-bond acceptors (Lipinski definition) is 7. The highest BCUT2D eigenvalue weighted by Crippen LogP contribution is 2.26. The van der Waals surface area contributed by atoms with E-state index in [2.05, 4.69) is 55.1 Å². The van der Waals surface area contributed by atoms with Crippen LogP contribution in [0, 0.1) is 5.92 Å². The van der Waals surface area contributed by atoms with E-state index in [4.69, 9.17) is 10.5 Å². The number of carbonyl (C=O) groups excluding carboxylic acids is 1. The van der Waals surface area contributed by atoms with E-state index in [1.165, 1.54) is 5.56 Å². The van der Waals surface area contributed by atoms with E-state index in [0.717, 1.165) is 74.3 Å². The lowest BCUT2D eigenvalue weighted by Gasteiger charge is -2.35. The monoisotopic (exact) mass is 515 g/mol. The number of aromatic nitrogens is 2. The number of fused-ring (bicyclic) bond motifs is 1. The van der Waals surface area contributed by atoms with E-state index < -0.39 is 5.66 Å². The number of nitrogens with one attached hydrogen (secondary N) is 3. The number of nitrogens with two attached hydrogens (primary N) is 1. The normalized spacial score (nSPS) is 20.2. The fraction of sp³-hybridized carbons (Fsp3) is 0.414. The van der Waals surface area contributed by atoms with Crippen LogP contribution in [0.4, 0.5) is 10.6 Å². The van der Waals surface area contributed by atoms with Gasteiger partial charge in [0.1, 0.15) is 23.6 Å². The van der Waals surface area contributed by atoms with Gasteiger partial charge in [-0.1, -0.05) is 30.3 Å². The van der Waals surface area contributed by atoms with Crippen LogP contribution in [-0.2, 0) is 6.42 Å². The number of likely N-dealkylation sites (tertiary alicyclic amines) is 1. The lowest BCUT2D eigenvalue weighted by molar-refractivity contribution is 0.134. The first-order valence-corrected chi connectivity index (χ1v) is 13.5. The second kappa shape index (κ2) is 12.2. The number of ether oxygens (including phenoxy) is 1. The summed E-state index contributed by atoms with van der Waals surface area (Å²) in [5, 5.41) is 9.86. The van der Waals surface area contributed by atoms with E-state index >= 15 is 0 Å². The van der Waals surface area contributed by atoms with Crippen molar-refractivity contribution in [3.63, 3.8) is 0 Å². The Balaban J connectivity index is 1.06. The van der Waals surface area contributed by atoms with Gasteiger partial charge in [-0.25, -0.2) is 14.8 Å². The molecule has 0 saturated carbocycles. The van der Waals surface area contributed by atoms with Crippen molar-refractivity contribution in [1.82, 2.24) is 25.5 Å². The van der Waals surface area contributed by atoms with Crippen LogP contribution in [0.5, 0.6) is 5.75 Å². The Labute approximate surface area is 223 Å². The standard InChI is InChI=1S/C29H37N7O2/c30-29(12-15-32-28(37)35-29)13-18-36-16-10-23(11-17-36)20-38-24-8-9-25-26(19-24)33-21-34-27(25)31-14-4-7-22-5-2-1-3-6-22/h1-3,5-6,8-9,12,15,19,21,23H,4,7,10-11,13-14,16-18,20,30H2,(H,31,33,34)(H2,32,35,37). The Morgan fingerprint density at radius 2 is 1.97 bits per heavy atom. The number of aryl methyl sites for hydroxylation is 1. The fourth-order valence-electron chi connectivity index (χ4n) is 5.05. The van der Waals surface area contributed by atoms with E-state index in [9.17, 15) is 4.79 Å². The second-order valence-corrected chi connectivity index (χ2v) is 10.2. The minimum absolute atomic E-state index is 0.252. The number of nitrogens with zero attached hydrogens (tertiary/aromatic N) is 3. The summed E-state index contributed by atoms with van der Waals surface area (Å²) in [4.78, 5) is 22.9. The maximum absolute atomic E-state index is 11.6. The van der Waals surface area contributed by atoms with Gasteiger partial charge in [0.25, 0.3) is 0 Å². The van der Waals surface area contributed by atoms with Crippen molar-refractivity contribution in [3.8, 4) is 5.75 Å². The average Bonchev–Trinajstić information content (AvgIpc) is 2.94. The number of piperidine rings is 1. The molecule has 0 bridgehead atoms. The third-order valence-corrected chi connectivity index (χ3v) is 7.36. The first kappa shape index (κ1) is 25.9. The SMILES string of the molecule is NC1(CCN2CCC(COc3ccc4c(NCCCc5ccccc5)ncnc4c3)CC2)C=CNC(=O)N1. The van der Waals surface area contributed by atoms with Crippen molar-refractivity contribution in [2.24, 2.45) is 11.7 Å². The molecule has 0 spiro atoms. The van der Waals surface area contributed by atoms with Crippen molar-refractivity contribution in [3.05, 3.63) is 72.7 Å². The number of urea groups is 1. The zero-order chi connectivity index (χ0) is 26.2. The molecule has 1 unspecified atom stereocenters. The Morgan fingerprint density at radius 3 is 2.79 bits per heavy atom. The Kier molecular flexibility index (Phi) is 8.35. The summed E-state index contributed by atoms with van der Waals surface area (Å²) in [5.41, 5.74) is 7.74. The molecule has 2 amide bonds. The summed E-state index contributed by atoms with van der Waals surface area (Å²) in [6.07, 6.45) is 9.95. The van der Waals surface area contributed by atoms with E-state index in [0.29, 0.717) is 18.9 Å². The summed E-state index contributed by atoms with van der Waals surface area (Å²) in [7, 11) is 0. The van der Waals surface area contributed by atoms with Gasteiger partial charge in [-0.3, -0.25) is 0 Å². The molecule has 1 saturated heterocycles. The van der Waals surface area contributed by atoms with Crippen LogP contribution < -0.4 is 26.4 Å². The maximum Gasteiger partial charge on any atom is 0.320 e. The van der Waals surface area contributed by atoms with Gasteiger partial charge in [-0.05, 0) is 68.5 Å². The predicted molar refractivity (Wildman–Crippen MR) is 150 cm³/mol. The van der Waals surface area contributed by atoms with Crippen LogP contribution in [0.1, 0.15) is 31.2 Å². The Morgan fingerprint density at radius 1 is 1.13 bits per heavy atom. The summed E-state index contributed by atoms with van der Waals surface area (Å²) in [6, 6.07) is 16.3. The smallest absolute Gasteiger partial charge is 0.320 e. The van der Waals surface area contributed by atoms with Gasteiger partial charge in [0, 0.05) is 37.2 Å². The van der Waals surface area contributed by atoms with E-state index in [1.54, 1.807) is 12.5 Å². The summed E-state index contributed by atoms with van der Waals surface area (Å²) >= 11 is 0. The van der Waals surface area contributed by atoms with Crippen molar-refractivity contribution in [2.75, 3.05) is 38.1 Å². The lowest BCUT2D eigenvalue weighted by atomic mass is 9.97. The molecule has 0 aliphatic carbocycles. The van der Waals surface area contributed by atoms with Crippen LogP contribution in [0.15, 0.2) is 67.1 Å². The molecule has 38 heavy (non-hydrogen) atoms. The number of rotatable bonds is 11. The van der Waals surface area contributed by atoms with Crippen LogP contribution in [0.25, 0.3) is 10.9 Å². The highest BCUT2D eigenvalue weighted by Gasteiger charge is 2.28. The van der Waals surface area contributed by atoms with Gasteiger partial charge >= 0.3 is 6.03 Å². The molecule has 2 aliphatic rings. The molecule has 3 aromatic rings. The first-order chi connectivity index (χ1) is 18.6. The topological polar surface area (TPSA) is 117 Å². The maximum atomic E-state index is 11.6. The van der Waals surface area contributed by atoms with Crippen molar-refractivity contribution in [2.45, 2.75) is 37.8 Å². The largest absolute Gasteiger partial charge is 0.493 e. The molecule has 0 radical (unpaired) electrons. The molecule has 1 aromatic heterocycles. The number of carbonyl (C=O) groups is 1. The Bertz CT molecular complexity index is 1240. The minimum Gasteiger partial charge on any atom is -0.493 e. The van der Waals surface area contributed by atoms with E-state index in [-0.39, 0.29) is 6.03 Å². The zero-order valence-corrected chi connectivity index (χ0v) is 21.7. The van der Waals surface area contributed by atoms with Gasteiger partial charge in [0.2, 0.25) is 0 Å². The average molecular weight is 516 g/mol. The van der Waals surface area contributed by atoms with Crippen molar-refractivity contribution in [1.29, 1.82) is 0 Å². The molecule has 200 valence electrons. The molecule has 3 heterocycles. The summed E-state index contributed by atoms with van der Waals surface area (Å²) in [6.45, 7) is 4.41. The lowest BCUT2D eigenvalue weighted by Crippen LogP contribution is -2.60. The fourth-order valence-corrected chi connectivity index (χ4v) is 5.05. The molecule has 5 rings (SSSR count). The summed E-state index contributed by atoms with van der Waals surface area (Å²) < 4.78 is 6.18. The third kappa shape index (κ3) is 6.99. The van der Waals surface area contributed by atoms with Crippen molar-refractivity contribution >= 4 is 22.8 Å². The van der Waals surface area contributed by atoms with Gasteiger partial charge in [0.15, 0.2) is 0 Å². The molecular formula is C29H37N7O2. The highest BCUT2D eigenvalue weighted by atomic mass is 16.5. The Hall–Kier alpha value is -3.69. The van der Waals surface area contributed by atoms with Crippen LogP contribution in [0.2, 0.25) is 0 Å². The summed E-state index contributed by atoms with van der Waals surface area (Å²) in [5.74, 6) is 2.22.